The Balaban J connectivity index is 4.17. The maximum atomic E-state index is 2.53. The summed E-state index contributed by atoms with van der Waals surface area (Å²) in [6, 6.07) is 0. The molecule has 0 heterocycles. The zero-order chi connectivity index (χ0) is 14.0. The highest BCUT2D eigenvalue weighted by molar-refractivity contribution is 7.59. The van der Waals surface area contributed by atoms with E-state index < -0.39 is 0 Å². The van der Waals surface area contributed by atoms with Crippen LogP contribution in [-0.2, 0) is 0 Å². The van der Waals surface area contributed by atoms with Gasteiger partial charge >= 0.3 is 0 Å². The minimum absolute atomic E-state index is 0.225. The van der Waals surface area contributed by atoms with Crippen molar-refractivity contribution in [3.05, 3.63) is 0 Å². The van der Waals surface area contributed by atoms with Gasteiger partial charge in [0.1, 0.15) is 0 Å². The third-order valence-corrected chi connectivity index (χ3v) is 7.81. The van der Waals surface area contributed by atoms with Crippen molar-refractivity contribution < 1.29 is 0 Å². The Morgan fingerprint density at radius 1 is 0.667 bits per heavy atom. The first-order valence-corrected chi connectivity index (χ1v) is 9.86. The molecule has 0 bridgehead atoms. The van der Waals surface area contributed by atoms with Gasteiger partial charge in [0.05, 0.1) is 0 Å². The molecule has 0 amide bonds. The van der Waals surface area contributed by atoms with Gasteiger partial charge in [-0.3, -0.25) is 0 Å². The molecule has 1 heteroatoms. The van der Waals surface area contributed by atoms with Crippen LogP contribution in [0.25, 0.3) is 0 Å². The smallest absolute Gasteiger partial charge is 0.0233 e. The standard InChI is InChI=1S/C17H37P/c1-7-9-11-13-16(5)18(15(3)4)17(6)14-12-10-8-2/h15-17H,7-14H2,1-6H3. The van der Waals surface area contributed by atoms with Gasteiger partial charge in [-0.1, -0.05) is 88.0 Å². The van der Waals surface area contributed by atoms with Gasteiger partial charge in [-0.2, -0.15) is 0 Å². The molecule has 0 saturated heterocycles. The van der Waals surface area contributed by atoms with E-state index in [4.69, 9.17) is 0 Å². The fourth-order valence-electron chi connectivity index (χ4n) is 3.13. The molecule has 0 spiro atoms. The fraction of sp³-hybridized carbons (Fsp3) is 1.00. The normalized spacial score (nSPS) is 16.8. The van der Waals surface area contributed by atoms with Crippen molar-refractivity contribution in [3.63, 3.8) is 0 Å². The topological polar surface area (TPSA) is 0 Å². The Morgan fingerprint density at radius 2 is 1.06 bits per heavy atom. The van der Waals surface area contributed by atoms with E-state index in [1.165, 1.54) is 51.4 Å². The number of hydrogen-bond donors (Lipinski definition) is 0. The van der Waals surface area contributed by atoms with Gasteiger partial charge in [0, 0.05) is 0 Å². The molecular weight excluding hydrogens is 235 g/mol. The highest BCUT2D eigenvalue weighted by atomic mass is 31.1. The van der Waals surface area contributed by atoms with Gasteiger partial charge < -0.3 is 0 Å². The van der Waals surface area contributed by atoms with Crippen LogP contribution in [0.4, 0.5) is 0 Å². The second-order valence-electron chi connectivity index (χ2n) is 6.23. The van der Waals surface area contributed by atoms with E-state index in [-0.39, 0.29) is 7.92 Å². The average Bonchev–Trinajstić information content (AvgIpc) is 2.29. The SMILES string of the molecule is CCCCCC(C)P(C(C)C)C(C)CCCCC. The van der Waals surface area contributed by atoms with Crippen LogP contribution in [-0.4, -0.2) is 17.0 Å². The first kappa shape index (κ1) is 18.4. The van der Waals surface area contributed by atoms with Crippen LogP contribution < -0.4 is 0 Å². The highest BCUT2D eigenvalue weighted by Gasteiger charge is 2.25. The molecule has 0 radical (unpaired) electrons. The van der Waals surface area contributed by atoms with Crippen LogP contribution in [0.3, 0.4) is 0 Å². The van der Waals surface area contributed by atoms with E-state index in [0.717, 1.165) is 17.0 Å². The molecule has 0 saturated carbocycles. The summed E-state index contributed by atoms with van der Waals surface area (Å²) < 4.78 is 0. The Kier molecular flexibility index (Phi) is 11.5. The molecule has 0 rings (SSSR count). The van der Waals surface area contributed by atoms with E-state index in [1.807, 2.05) is 0 Å². The van der Waals surface area contributed by atoms with E-state index in [1.54, 1.807) is 0 Å². The lowest BCUT2D eigenvalue weighted by atomic mass is 10.2. The van der Waals surface area contributed by atoms with Crippen LogP contribution >= 0.6 is 7.92 Å². The van der Waals surface area contributed by atoms with Crippen molar-refractivity contribution in [2.75, 3.05) is 0 Å². The molecule has 2 atom stereocenters. The maximum Gasteiger partial charge on any atom is -0.0233 e. The third kappa shape index (κ3) is 7.78. The predicted octanol–water partition coefficient (Wildman–Crippen LogP) is 6.81. The summed E-state index contributed by atoms with van der Waals surface area (Å²) in [5, 5.41) is 0. The van der Waals surface area contributed by atoms with Crippen molar-refractivity contribution in [2.45, 2.75) is 110 Å². The summed E-state index contributed by atoms with van der Waals surface area (Å²) in [6.45, 7) is 14.6. The Morgan fingerprint density at radius 3 is 1.33 bits per heavy atom. The maximum absolute atomic E-state index is 2.53. The molecule has 0 aliphatic rings. The minimum atomic E-state index is 0.225. The summed E-state index contributed by atoms with van der Waals surface area (Å²) in [4.78, 5) is 0. The molecule has 0 aliphatic heterocycles. The fourth-order valence-corrected chi connectivity index (χ4v) is 7.00. The number of hydrogen-bond acceptors (Lipinski definition) is 0. The van der Waals surface area contributed by atoms with Crippen LogP contribution in [0.5, 0.6) is 0 Å². The lowest BCUT2D eigenvalue weighted by molar-refractivity contribution is 0.635. The van der Waals surface area contributed by atoms with Crippen molar-refractivity contribution in [1.29, 1.82) is 0 Å². The predicted molar refractivity (Wildman–Crippen MR) is 89.3 cm³/mol. The first-order chi connectivity index (χ1) is 8.54. The van der Waals surface area contributed by atoms with Gasteiger partial charge in [0.25, 0.3) is 0 Å². The summed E-state index contributed by atoms with van der Waals surface area (Å²) in [5.74, 6) is 0. The van der Waals surface area contributed by atoms with Crippen LogP contribution in [0, 0.1) is 0 Å². The second kappa shape index (κ2) is 11.3. The Bertz CT molecular complexity index is 160. The molecule has 0 aliphatic carbocycles. The Hall–Kier alpha value is 0.430. The summed E-state index contributed by atoms with van der Waals surface area (Å²) in [5.41, 5.74) is 2.86. The third-order valence-electron chi connectivity index (χ3n) is 4.07. The molecule has 0 N–H and O–H groups in total. The quantitative estimate of drug-likeness (QED) is 0.286. The van der Waals surface area contributed by atoms with Gasteiger partial charge in [0.15, 0.2) is 0 Å². The molecule has 0 aromatic heterocycles. The molecule has 18 heavy (non-hydrogen) atoms. The summed E-state index contributed by atoms with van der Waals surface area (Å²) >= 11 is 0. The molecule has 0 aromatic rings. The lowest BCUT2D eigenvalue weighted by Gasteiger charge is -2.34. The number of unbranched alkanes of at least 4 members (excludes halogenated alkanes) is 4. The molecule has 0 fully saturated rings. The van der Waals surface area contributed by atoms with Crippen molar-refractivity contribution in [2.24, 2.45) is 0 Å². The molecule has 2 unspecified atom stereocenters. The van der Waals surface area contributed by atoms with Gasteiger partial charge in [0.2, 0.25) is 0 Å². The molecule has 110 valence electrons. The van der Waals surface area contributed by atoms with Crippen molar-refractivity contribution in [3.8, 4) is 0 Å². The van der Waals surface area contributed by atoms with E-state index in [2.05, 4.69) is 41.5 Å². The summed E-state index contributed by atoms with van der Waals surface area (Å²) in [6.07, 6.45) is 11.4. The first-order valence-electron chi connectivity index (χ1n) is 8.31. The summed E-state index contributed by atoms with van der Waals surface area (Å²) in [7, 11) is 0.225. The zero-order valence-corrected chi connectivity index (χ0v) is 14.7. The zero-order valence-electron chi connectivity index (χ0n) is 13.8. The lowest BCUT2D eigenvalue weighted by Crippen LogP contribution is -2.16. The second-order valence-corrected chi connectivity index (χ2v) is 9.92. The highest BCUT2D eigenvalue weighted by Crippen LogP contribution is 2.53. The van der Waals surface area contributed by atoms with Crippen molar-refractivity contribution >= 4 is 7.92 Å². The van der Waals surface area contributed by atoms with E-state index in [0.29, 0.717) is 0 Å². The molecule has 0 aromatic carbocycles. The molecular formula is C17H37P. The van der Waals surface area contributed by atoms with Crippen LogP contribution in [0.2, 0.25) is 0 Å². The Labute approximate surface area is 118 Å². The molecule has 0 nitrogen and oxygen atoms in total. The van der Waals surface area contributed by atoms with Crippen molar-refractivity contribution in [1.82, 2.24) is 0 Å². The minimum Gasteiger partial charge on any atom is -0.0983 e. The van der Waals surface area contributed by atoms with Gasteiger partial charge in [-0.05, 0) is 29.8 Å². The monoisotopic (exact) mass is 272 g/mol. The van der Waals surface area contributed by atoms with Crippen LogP contribution in [0.15, 0.2) is 0 Å². The van der Waals surface area contributed by atoms with E-state index in [9.17, 15) is 0 Å². The average molecular weight is 272 g/mol. The van der Waals surface area contributed by atoms with Gasteiger partial charge in [-0.25, -0.2) is 0 Å². The largest absolute Gasteiger partial charge is 0.0983 e. The van der Waals surface area contributed by atoms with Crippen LogP contribution in [0.1, 0.15) is 92.9 Å². The number of rotatable bonds is 11. The van der Waals surface area contributed by atoms with E-state index >= 15 is 0 Å². The van der Waals surface area contributed by atoms with Gasteiger partial charge in [-0.15, -0.1) is 0 Å².